The Morgan fingerprint density at radius 1 is 1.00 bits per heavy atom. The van der Waals surface area contributed by atoms with Gasteiger partial charge in [-0.25, -0.2) is 0 Å². The molecular formula is C23H19ClN2S. The fraction of sp³-hybridized carbons (Fsp3) is 0.0870. The predicted octanol–water partition coefficient (Wildman–Crippen LogP) is 6.66. The van der Waals surface area contributed by atoms with E-state index in [0.717, 1.165) is 32.9 Å². The van der Waals surface area contributed by atoms with E-state index in [1.54, 1.807) is 0 Å². The highest BCUT2D eigenvalue weighted by Crippen LogP contribution is 2.31. The quantitative estimate of drug-likeness (QED) is 0.393. The van der Waals surface area contributed by atoms with Crippen LogP contribution in [0.15, 0.2) is 73.1 Å². The third-order valence-corrected chi connectivity index (χ3v) is 5.27. The Morgan fingerprint density at radius 3 is 2.56 bits per heavy atom. The predicted molar refractivity (Wildman–Crippen MR) is 119 cm³/mol. The van der Waals surface area contributed by atoms with Crippen LogP contribution >= 0.6 is 23.8 Å². The molecule has 0 saturated carbocycles. The van der Waals surface area contributed by atoms with Crippen LogP contribution in [0.25, 0.3) is 16.6 Å². The lowest BCUT2D eigenvalue weighted by molar-refractivity contribution is 1.20. The van der Waals surface area contributed by atoms with Crippen LogP contribution in [-0.2, 0) is 0 Å². The van der Waals surface area contributed by atoms with E-state index in [9.17, 15) is 0 Å². The topological polar surface area (TPSA) is 16.4 Å². The van der Waals surface area contributed by atoms with Crippen molar-refractivity contribution in [1.82, 2.24) is 4.40 Å². The summed E-state index contributed by atoms with van der Waals surface area (Å²) in [5.74, 6) is 0. The van der Waals surface area contributed by atoms with Crippen molar-refractivity contribution in [1.29, 1.82) is 0 Å². The molecule has 0 unspecified atom stereocenters. The van der Waals surface area contributed by atoms with E-state index in [4.69, 9.17) is 23.8 Å². The lowest BCUT2D eigenvalue weighted by Crippen LogP contribution is -2.12. The van der Waals surface area contributed by atoms with Crippen molar-refractivity contribution in [3.63, 3.8) is 0 Å². The molecule has 0 fully saturated rings. The molecule has 0 bridgehead atoms. The molecule has 0 aliphatic carbocycles. The van der Waals surface area contributed by atoms with Gasteiger partial charge in [0.25, 0.3) is 0 Å². The van der Waals surface area contributed by atoms with Crippen molar-refractivity contribution in [2.45, 2.75) is 13.8 Å². The van der Waals surface area contributed by atoms with Gasteiger partial charge in [0.05, 0.1) is 5.52 Å². The van der Waals surface area contributed by atoms with Gasteiger partial charge in [-0.2, -0.15) is 0 Å². The summed E-state index contributed by atoms with van der Waals surface area (Å²) in [5.41, 5.74) is 7.67. The molecule has 0 atom stereocenters. The normalized spacial score (nSPS) is 10.9. The fourth-order valence-electron chi connectivity index (χ4n) is 3.26. The van der Waals surface area contributed by atoms with Crippen LogP contribution in [0, 0.1) is 13.8 Å². The first-order valence-electron chi connectivity index (χ1n) is 8.77. The van der Waals surface area contributed by atoms with Crippen LogP contribution in [0.5, 0.6) is 0 Å². The molecule has 0 aliphatic rings. The Balaban J connectivity index is 1.84. The highest BCUT2D eigenvalue weighted by Gasteiger charge is 2.17. The first-order chi connectivity index (χ1) is 13.0. The van der Waals surface area contributed by atoms with Crippen LogP contribution in [0.1, 0.15) is 16.7 Å². The highest BCUT2D eigenvalue weighted by molar-refractivity contribution is 7.81. The van der Waals surface area contributed by atoms with Crippen molar-refractivity contribution < 1.29 is 0 Å². The van der Waals surface area contributed by atoms with Crippen molar-refractivity contribution in [2.75, 3.05) is 5.32 Å². The molecule has 2 aromatic heterocycles. The van der Waals surface area contributed by atoms with E-state index in [2.05, 4.69) is 54.0 Å². The van der Waals surface area contributed by atoms with Gasteiger partial charge in [0, 0.05) is 34.2 Å². The van der Waals surface area contributed by atoms with E-state index in [1.165, 1.54) is 11.1 Å². The van der Waals surface area contributed by atoms with E-state index < -0.39 is 0 Å². The van der Waals surface area contributed by atoms with Crippen LogP contribution < -0.4 is 5.32 Å². The maximum atomic E-state index is 6.08. The summed E-state index contributed by atoms with van der Waals surface area (Å²) in [5, 5.41) is 4.18. The Kier molecular flexibility index (Phi) is 4.73. The Morgan fingerprint density at radius 2 is 1.78 bits per heavy atom. The molecule has 0 amide bonds. The molecule has 0 spiro atoms. The molecular weight excluding hydrogens is 372 g/mol. The van der Waals surface area contributed by atoms with Crippen molar-refractivity contribution in [3.05, 3.63) is 94.8 Å². The molecule has 1 N–H and O–H groups in total. The number of benzene rings is 2. The number of thiocarbonyl (C=S) groups is 1. The van der Waals surface area contributed by atoms with Crippen LogP contribution in [-0.4, -0.2) is 9.39 Å². The highest BCUT2D eigenvalue weighted by atomic mass is 35.5. The monoisotopic (exact) mass is 390 g/mol. The number of nitrogens with one attached hydrogen (secondary N) is 1. The molecule has 0 saturated heterocycles. The van der Waals surface area contributed by atoms with Gasteiger partial charge in [0.2, 0.25) is 0 Å². The van der Waals surface area contributed by atoms with Crippen molar-refractivity contribution in [2.24, 2.45) is 0 Å². The van der Waals surface area contributed by atoms with E-state index in [0.29, 0.717) is 4.99 Å². The Hall–Kier alpha value is -2.62. The minimum absolute atomic E-state index is 0.711. The number of halogens is 1. The van der Waals surface area contributed by atoms with Crippen molar-refractivity contribution in [3.8, 4) is 11.1 Å². The third-order valence-electron chi connectivity index (χ3n) is 4.71. The Labute approximate surface area is 169 Å². The number of anilines is 1. The second-order valence-electron chi connectivity index (χ2n) is 6.69. The average Bonchev–Trinajstić information content (AvgIpc) is 3.05. The maximum Gasteiger partial charge on any atom is 0.113 e. The number of fused-ring (bicyclic) bond motifs is 1. The lowest BCUT2D eigenvalue weighted by atomic mass is 10.0. The van der Waals surface area contributed by atoms with Gasteiger partial charge in [0.15, 0.2) is 0 Å². The summed E-state index contributed by atoms with van der Waals surface area (Å²) in [4.78, 5) is 0.711. The van der Waals surface area contributed by atoms with Crippen LogP contribution in [0.4, 0.5) is 5.69 Å². The zero-order valence-electron chi connectivity index (χ0n) is 15.2. The summed E-state index contributed by atoms with van der Waals surface area (Å²) in [6.45, 7) is 4.17. The third kappa shape index (κ3) is 3.48. The number of rotatable bonds is 3. The summed E-state index contributed by atoms with van der Waals surface area (Å²) < 4.78 is 2.11. The van der Waals surface area contributed by atoms with Gasteiger partial charge in [-0.1, -0.05) is 54.2 Å². The SMILES string of the molecule is Cc1ccc(C)c(NC(=S)c2c(-c3ccc(Cl)cc3)cn3ccccc23)c1. The molecule has 4 rings (SSSR count). The van der Waals surface area contributed by atoms with Gasteiger partial charge in [-0.3, -0.25) is 0 Å². The molecule has 4 heteroatoms. The van der Waals surface area contributed by atoms with E-state index >= 15 is 0 Å². The number of aryl methyl sites for hydroxylation is 2. The van der Waals surface area contributed by atoms with E-state index in [-0.39, 0.29) is 0 Å². The first kappa shape index (κ1) is 17.8. The molecule has 0 aliphatic heterocycles. The minimum atomic E-state index is 0.711. The van der Waals surface area contributed by atoms with Crippen molar-refractivity contribution >= 4 is 40.0 Å². The standard InChI is InChI=1S/C23H19ClN2S/c1-15-6-7-16(2)20(13-15)25-23(27)22-19(17-8-10-18(24)11-9-17)14-26-12-4-3-5-21(22)26/h3-14H,1-2H3,(H,25,27). The summed E-state index contributed by atoms with van der Waals surface area (Å²) in [6, 6.07) is 20.4. The molecule has 2 heterocycles. The van der Waals surface area contributed by atoms with Gasteiger partial charge in [-0.05, 0) is 60.9 Å². The smallest absolute Gasteiger partial charge is 0.113 e. The first-order valence-corrected chi connectivity index (χ1v) is 9.56. The summed E-state index contributed by atoms with van der Waals surface area (Å²) >= 11 is 11.9. The van der Waals surface area contributed by atoms with Gasteiger partial charge in [0.1, 0.15) is 4.99 Å². The van der Waals surface area contributed by atoms with Crippen LogP contribution in [0.3, 0.4) is 0 Å². The zero-order chi connectivity index (χ0) is 19.0. The van der Waals surface area contributed by atoms with Crippen LogP contribution in [0.2, 0.25) is 5.02 Å². The average molecular weight is 391 g/mol. The second kappa shape index (κ2) is 7.18. The number of hydrogen-bond acceptors (Lipinski definition) is 1. The fourth-order valence-corrected chi connectivity index (χ4v) is 3.71. The van der Waals surface area contributed by atoms with Gasteiger partial charge >= 0.3 is 0 Å². The molecule has 27 heavy (non-hydrogen) atoms. The number of pyridine rings is 1. The largest absolute Gasteiger partial charge is 0.346 e. The Bertz CT molecular complexity index is 1140. The van der Waals surface area contributed by atoms with Gasteiger partial charge in [-0.15, -0.1) is 0 Å². The van der Waals surface area contributed by atoms with Gasteiger partial charge < -0.3 is 9.72 Å². The number of nitrogens with zero attached hydrogens (tertiary/aromatic N) is 1. The maximum absolute atomic E-state index is 6.08. The molecule has 4 aromatic rings. The molecule has 134 valence electrons. The molecule has 2 aromatic carbocycles. The number of hydrogen-bond donors (Lipinski definition) is 1. The molecule has 0 radical (unpaired) electrons. The van der Waals surface area contributed by atoms with E-state index in [1.807, 2.05) is 42.6 Å². The lowest BCUT2D eigenvalue weighted by Gasteiger charge is -2.13. The minimum Gasteiger partial charge on any atom is -0.346 e. The molecule has 2 nitrogen and oxygen atoms in total. The second-order valence-corrected chi connectivity index (χ2v) is 7.54. The summed E-state index contributed by atoms with van der Waals surface area (Å²) in [6.07, 6.45) is 4.16. The number of aromatic nitrogens is 1. The summed E-state index contributed by atoms with van der Waals surface area (Å²) in [7, 11) is 0. The zero-order valence-corrected chi connectivity index (χ0v) is 16.7.